The first-order valence-electron chi connectivity index (χ1n) is 10.4. The third kappa shape index (κ3) is 3.16. The van der Waals surface area contributed by atoms with E-state index in [0.29, 0.717) is 28.6 Å². The van der Waals surface area contributed by atoms with Crippen LogP contribution in [0.15, 0.2) is 49.6 Å². The summed E-state index contributed by atoms with van der Waals surface area (Å²) in [4.78, 5) is 13.1. The average Bonchev–Trinajstić information content (AvgIpc) is 2.75. The molecule has 0 amide bonds. The Balaban J connectivity index is 1.43. The Bertz CT molecular complexity index is 1120. The van der Waals surface area contributed by atoms with Gasteiger partial charge < -0.3 is 10.4 Å². The molecule has 0 saturated carbocycles. The van der Waals surface area contributed by atoms with Gasteiger partial charge in [0.1, 0.15) is 11.9 Å². The molecule has 3 aromatic rings. The van der Waals surface area contributed by atoms with Gasteiger partial charge in [0.2, 0.25) is 0 Å². The van der Waals surface area contributed by atoms with Gasteiger partial charge in [0.15, 0.2) is 0 Å². The van der Waals surface area contributed by atoms with Crippen LogP contribution in [0.1, 0.15) is 38.3 Å². The second-order valence-electron chi connectivity index (χ2n) is 8.80. The highest BCUT2D eigenvalue weighted by atomic mass is 19.1. The van der Waals surface area contributed by atoms with E-state index < -0.39 is 11.7 Å². The molecule has 2 N–H and O–H groups in total. The highest BCUT2D eigenvalue weighted by Crippen LogP contribution is 2.43. The third-order valence-corrected chi connectivity index (χ3v) is 6.74. The minimum atomic E-state index is -0.999. The minimum Gasteiger partial charge on any atom is -0.507 e. The number of rotatable bonds is 3. The van der Waals surface area contributed by atoms with Crippen LogP contribution in [0.3, 0.4) is 0 Å². The van der Waals surface area contributed by atoms with Crippen molar-refractivity contribution in [1.82, 2.24) is 20.3 Å². The van der Waals surface area contributed by atoms with Gasteiger partial charge in [0.25, 0.3) is 0 Å². The summed E-state index contributed by atoms with van der Waals surface area (Å²) < 4.78 is 15.4. The molecule has 1 unspecified atom stereocenters. The quantitative estimate of drug-likeness (QED) is 0.664. The lowest BCUT2D eigenvalue weighted by molar-refractivity contribution is 0.0325. The number of aromatic hydroxyl groups is 1. The number of benzene rings is 1. The van der Waals surface area contributed by atoms with Gasteiger partial charge in [0, 0.05) is 40.8 Å². The van der Waals surface area contributed by atoms with Gasteiger partial charge in [-0.15, -0.1) is 0 Å². The van der Waals surface area contributed by atoms with Gasteiger partial charge >= 0.3 is 0 Å². The summed E-state index contributed by atoms with van der Waals surface area (Å²) >= 11 is 0. The molecule has 30 heavy (non-hydrogen) atoms. The number of alkyl halides is 1. The molecule has 2 aliphatic heterocycles. The Kier molecular flexibility index (Phi) is 4.54. The van der Waals surface area contributed by atoms with E-state index >= 15 is 4.39 Å². The van der Waals surface area contributed by atoms with Crippen molar-refractivity contribution in [2.75, 3.05) is 0 Å². The number of nitrogens with zero attached hydrogens (tertiary/aromatic N) is 3. The van der Waals surface area contributed by atoms with Crippen LogP contribution in [0, 0.1) is 5.92 Å². The number of halogens is 1. The summed E-state index contributed by atoms with van der Waals surface area (Å²) in [5.41, 5.74) is 1.99. The van der Waals surface area contributed by atoms with Crippen molar-refractivity contribution in [3.63, 3.8) is 0 Å². The third-order valence-electron chi connectivity index (χ3n) is 6.74. The second kappa shape index (κ2) is 7.13. The largest absolute Gasteiger partial charge is 0.507 e. The molecule has 2 aliphatic rings. The van der Waals surface area contributed by atoms with Crippen molar-refractivity contribution < 1.29 is 9.50 Å². The molecule has 6 heteroatoms. The number of hydrogen-bond acceptors (Lipinski definition) is 5. The Labute approximate surface area is 175 Å². The Hall–Kier alpha value is -2.86. The van der Waals surface area contributed by atoms with E-state index in [-0.39, 0.29) is 11.7 Å². The summed E-state index contributed by atoms with van der Waals surface area (Å²) in [6, 6.07) is 5.76. The van der Waals surface area contributed by atoms with Crippen LogP contribution in [0.4, 0.5) is 4.39 Å². The molecule has 2 saturated heterocycles. The molecule has 2 aromatic heterocycles. The van der Waals surface area contributed by atoms with E-state index in [0.717, 1.165) is 36.5 Å². The van der Waals surface area contributed by atoms with Crippen LogP contribution < -0.4 is 5.32 Å². The molecule has 2 bridgehead atoms. The first-order chi connectivity index (χ1) is 14.4. The van der Waals surface area contributed by atoms with Crippen molar-refractivity contribution in [1.29, 1.82) is 0 Å². The molecule has 5 rings (SSSR count). The number of aromatic nitrogens is 3. The molecule has 0 spiro atoms. The van der Waals surface area contributed by atoms with E-state index in [2.05, 4.69) is 26.8 Å². The molecular weight excluding hydrogens is 379 g/mol. The minimum absolute atomic E-state index is 0.124. The molecule has 2 fully saturated rings. The predicted molar refractivity (Wildman–Crippen MR) is 116 cm³/mol. The zero-order valence-corrected chi connectivity index (χ0v) is 17.0. The molecule has 4 heterocycles. The number of fused-ring (bicyclic) bond motifs is 3. The van der Waals surface area contributed by atoms with Crippen molar-refractivity contribution in [3.8, 4) is 17.0 Å². The van der Waals surface area contributed by atoms with E-state index in [9.17, 15) is 5.11 Å². The molecular formula is C24H25FN4O. The van der Waals surface area contributed by atoms with Crippen LogP contribution in [0.5, 0.6) is 5.75 Å². The molecule has 1 aromatic carbocycles. The Morgan fingerprint density at radius 1 is 1.23 bits per heavy atom. The van der Waals surface area contributed by atoms with Gasteiger partial charge in [-0.25, -0.2) is 4.39 Å². The predicted octanol–water partition coefficient (Wildman–Crippen LogP) is 4.67. The number of phenolic OH excluding ortho intramolecular Hbond substituents is 1. The van der Waals surface area contributed by atoms with Crippen LogP contribution in [0.25, 0.3) is 27.6 Å². The summed E-state index contributed by atoms with van der Waals surface area (Å²) in [5, 5.41) is 15.7. The zero-order chi connectivity index (χ0) is 20.9. The lowest BCUT2D eigenvalue weighted by Crippen LogP contribution is -2.63. The summed E-state index contributed by atoms with van der Waals surface area (Å²) in [5.74, 6) is -0.137. The topological polar surface area (TPSA) is 70.9 Å². The maximum absolute atomic E-state index is 15.4. The first-order valence-corrected chi connectivity index (χ1v) is 10.4. The molecule has 4 atom stereocenters. The number of phenols is 1. The zero-order valence-electron chi connectivity index (χ0n) is 17.0. The SMILES string of the molecule is C=C(c1cnc(-c2cc3ccncc3cc2O)cn1)[C@@H]1CC2CCC[C@](C)(N2)[C@H]1F. The summed E-state index contributed by atoms with van der Waals surface area (Å²) in [7, 11) is 0. The Morgan fingerprint density at radius 2 is 2.10 bits per heavy atom. The smallest absolute Gasteiger partial charge is 0.125 e. The fourth-order valence-electron chi connectivity index (χ4n) is 5.06. The van der Waals surface area contributed by atoms with Crippen LogP contribution >= 0.6 is 0 Å². The monoisotopic (exact) mass is 404 g/mol. The average molecular weight is 404 g/mol. The van der Waals surface area contributed by atoms with Crippen LogP contribution in [-0.4, -0.2) is 37.8 Å². The number of piperidine rings is 2. The number of allylic oxidation sites excluding steroid dienone is 1. The van der Waals surface area contributed by atoms with Crippen molar-refractivity contribution >= 4 is 16.3 Å². The molecule has 0 radical (unpaired) electrons. The molecule has 0 aliphatic carbocycles. The van der Waals surface area contributed by atoms with Gasteiger partial charge in [-0.3, -0.25) is 15.0 Å². The van der Waals surface area contributed by atoms with E-state index in [1.54, 1.807) is 30.9 Å². The van der Waals surface area contributed by atoms with E-state index in [4.69, 9.17) is 0 Å². The summed E-state index contributed by atoms with van der Waals surface area (Å²) in [6.07, 6.45) is 9.40. The lowest BCUT2D eigenvalue weighted by atomic mass is 9.69. The Morgan fingerprint density at radius 3 is 2.90 bits per heavy atom. The maximum atomic E-state index is 15.4. The molecule has 5 nitrogen and oxygen atoms in total. The standard InChI is InChI=1S/C24H25FN4O/c1-14(18-10-17-4-3-6-24(2,29-17)23(18)25)20-12-28-21(13-27-20)19-8-15-5-7-26-11-16(15)9-22(19)30/h5,7-9,11-13,17-18,23,29-30H,1,3-4,6,10H2,2H3/t17?,18-,23-,24-/m0/s1. The molecule has 154 valence electrons. The first kappa shape index (κ1) is 19.1. The van der Waals surface area contributed by atoms with Crippen LogP contribution in [0.2, 0.25) is 0 Å². The van der Waals surface area contributed by atoms with Crippen molar-refractivity contribution in [2.45, 2.75) is 50.4 Å². The van der Waals surface area contributed by atoms with Crippen molar-refractivity contribution in [2.24, 2.45) is 5.92 Å². The number of hydrogen-bond donors (Lipinski definition) is 2. The second-order valence-corrected chi connectivity index (χ2v) is 8.80. The fourth-order valence-corrected chi connectivity index (χ4v) is 5.06. The number of pyridine rings is 1. The normalized spacial score (nSPS) is 28.4. The number of nitrogens with one attached hydrogen (secondary N) is 1. The van der Waals surface area contributed by atoms with Gasteiger partial charge in [-0.05, 0) is 61.8 Å². The van der Waals surface area contributed by atoms with Gasteiger partial charge in [-0.2, -0.15) is 0 Å². The summed E-state index contributed by atoms with van der Waals surface area (Å²) in [6.45, 7) is 6.17. The lowest BCUT2D eigenvalue weighted by Gasteiger charge is -2.50. The highest BCUT2D eigenvalue weighted by Gasteiger charge is 2.48. The van der Waals surface area contributed by atoms with Gasteiger partial charge in [0.05, 0.1) is 23.8 Å². The van der Waals surface area contributed by atoms with E-state index in [1.807, 2.05) is 19.1 Å². The van der Waals surface area contributed by atoms with E-state index in [1.165, 1.54) is 0 Å². The highest BCUT2D eigenvalue weighted by molar-refractivity contribution is 5.89. The maximum Gasteiger partial charge on any atom is 0.125 e. The van der Waals surface area contributed by atoms with Gasteiger partial charge in [-0.1, -0.05) is 6.58 Å². The van der Waals surface area contributed by atoms with Crippen molar-refractivity contribution in [3.05, 3.63) is 55.3 Å². The van der Waals surface area contributed by atoms with Crippen LogP contribution in [-0.2, 0) is 0 Å². The fraction of sp³-hybridized carbons (Fsp3) is 0.375.